The summed E-state index contributed by atoms with van der Waals surface area (Å²) in [4.78, 5) is 12.3. The Bertz CT molecular complexity index is 937. The van der Waals surface area contributed by atoms with E-state index in [4.69, 9.17) is 9.47 Å². The van der Waals surface area contributed by atoms with Crippen molar-refractivity contribution in [1.29, 1.82) is 0 Å². The van der Waals surface area contributed by atoms with Gasteiger partial charge >= 0.3 is 5.97 Å². The first-order chi connectivity index (χ1) is 13.3. The summed E-state index contributed by atoms with van der Waals surface area (Å²) in [7, 11) is 0. The normalized spacial score (nSPS) is 25.7. The molecule has 0 radical (unpaired) electrons. The van der Waals surface area contributed by atoms with Gasteiger partial charge in [-0.15, -0.1) is 11.8 Å². The van der Waals surface area contributed by atoms with Gasteiger partial charge in [0, 0.05) is 11.3 Å². The summed E-state index contributed by atoms with van der Waals surface area (Å²) in [6.07, 6.45) is 16.9. The average molecular weight is 378 g/mol. The van der Waals surface area contributed by atoms with Gasteiger partial charge in [-0.25, -0.2) is 0 Å². The van der Waals surface area contributed by atoms with Gasteiger partial charge in [0.05, 0.1) is 12.9 Å². The summed E-state index contributed by atoms with van der Waals surface area (Å²) >= 11 is 1.66. The predicted molar refractivity (Wildman–Crippen MR) is 108 cm³/mol. The molecule has 27 heavy (non-hydrogen) atoms. The molecule has 0 bridgehead atoms. The van der Waals surface area contributed by atoms with E-state index < -0.39 is 0 Å². The number of thioether (sulfide) groups is 1. The van der Waals surface area contributed by atoms with Crippen LogP contribution in [0.25, 0.3) is 0 Å². The van der Waals surface area contributed by atoms with Crippen LogP contribution in [0.1, 0.15) is 32.6 Å². The van der Waals surface area contributed by atoms with Crippen LogP contribution in [0.4, 0.5) is 0 Å². The molecular formula is C23H22O3S. The van der Waals surface area contributed by atoms with Crippen LogP contribution in [0.5, 0.6) is 0 Å². The van der Waals surface area contributed by atoms with Gasteiger partial charge in [-0.05, 0) is 84.3 Å². The Kier molecular flexibility index (Phi) is 4.24. The lowest BCUT2D eigenvalue weighted by Crippen LogP contribution is -2.24. The van der Waals surface area contributed by atoms with E-state index in [2.05, 4.69) is 24.3 Å². The Balaban J connectivity index is 1.65. The van der Waals surface area contributed by atoms with Crippen molar-refractivity contribution >= 4 is 17.7 Å². The van der Waals surface area contributed by atoms with Gasteiger partial charge in [-0.1, -0.05) is 12.2 Å². The molecule has 3 nitrogen and oxygen atoms in total. The minimum Gasteiger partial charge on any atom is -0.465 e. The lowest BCUT2D eigenvalue weighted by molar-refractivity contribution is -0.141. The van der Waals surface area contributed by atoms with Crippen molar-refractivity contribution in [3.63, 3.8) is 0 Å². The SMILES string of the molecule is CCOC(=O)C1C=C2C(=CCC3=C4CCCC4=C4OC=CC=C4C=C23)CS1. The maximum Gasteiger partial charge on any atom is 0.323 e. The molecule has 1 fully saturated rings. The van der Waals surface area contributed by atoms with Gasteiger partial charge in [0.1, 0.15) is 11.0 Å². The van der Waals surface area contributed by atoms with E-state index in [1.54, 1.807) is 18.0 Å². The zero-order valence-electron chi connectivity index (χ0n) is 15.4. The van der Waals surface area contributed by atoms with Crippen LogP contribution in [-0.2, 0) is 14.3 Å². The van der Waals surface area contributed by atoms with Gasteiger partial charge < -0.3 is 9.47 Å². The quantitative estimate of drug-likeness (QED) is 0.629. The van der Waals surface area contributed by atoms with Crippen molar-refractivity contribution in [2.24, 2.45) is 0 Å². The van der Waals surface area contributed by atoms with Crippen LogP contribution in [0.2, 0.25) is 0 Å². The number of hydrogen-bond acceptors (Lipinski definition) is 4. The fourth-order valence-corrected chi connectivity index (χ4v) is 5.61. The van der Waals surface area contributed by atoms with Gasteiger partial charge in [0.25, 0.3) is 0 Å². The fraction of sp³-hybridized carbons (Fsp3) is 0.348. The first kappa shape index (κ1) is 16.9. The zero-order chi connectivity index (χ0) is 18.4. The molecule has 1 atom stereocenters. The molecule has 2 aliphatic heterocycles. The van der Waals surface area contributed by atoms with Crippen LogP contribution in [0.3, 0.4) is 0 Å². The molecule has 0 aromatic heterocycles. The summed E-state index contributed by atoms with van der Waals surface area (Å²) in [5.74, 6) is 1.75. The second-order valence-electron chi connectivity index (χ2n) is 7.24. The highest BCUT2D eigenvalue weighted by atomic mass is 32.2. The van der Waals surface area contributed by atoms with Crippen molar-refractivity contribution < 1.29 is 14.3 Å². The van der Waals surface area contributed by atoms with E-state index >= 15 is 0 Å². The lowest BCUT2D eigenvalue weighted by Gasteiger charge is -2.29. The first-order valence-electron chi connectivity index (χ1n) is 9.67. The second-order valence-corrected chi connectivity index (χ2v) is 8.37. The number of rotatable bonds is 2. The van der Waals surface area contributed by atoms with Crippen molar-refractivity contribution in [2.45, 2.75) is 37.9 Å². The lowest BCUT2D eigenvalue weighted by atomic mass is 9.81. The largest absolute Gasteiger partial charge is 0.465 e. The Morgan fingerprint density at radius 2 is 2.15 bits per heavy atom. The Labute approximate surface area is 163 Å². The third-order valence-corrected chi connectivity index (χ3v) is 6.89. The minimum atomic E-state index is -0.224. The molecule has 0 amide bonds. The Morgan fingerprint density at radius 3 is 3.04 bits per heavy atom. The molecule has 0 aromatic carbocycles. The van der Waals surface area contributed by atoms with Gasteiger partial charge in [0.2, 0.25) is 0 Å². The third kappa shape index (κ3) is 2.78. The standard InChI is InChI=1S/C23H22O3S/c1-2-25-23(24)21-12-19-15(13-27-21)8-9-17-16-6-3-7-18(16)22-14(11-20(17)19)5-4-10-26-22/h4-5,8,10-12,21H,2-3,6-7,9,13H2,1H3. The zero-order valence-corrected chi connectivity index (χ0v) is 16.2. The highest BCUT2D eigenvalue weighted by Crippen LogP contribution is 2.49. The molecule has 0 saturated heterocycles. The van der Waals surface area contributed by atoms with Crippen molar-refractivity contribution in [3.8, 4) is 0 Å². The molecule has 0 N–H and O–H groups in total. The molecule has 5 aliphatic rings. The van der Waals surface area contributed by atoms with Gasteiger partial charge in [0.15, 0.2) is 0 Å². The fourth-order valence-electron chi connectivity index (χ4n) is 4.54. The maximum absolute atomic E-state index is 12.3. The molecular weight excluding hydrogens is 356 g/mol. The summed E-state index contributed by atoms with van der Waals surface area (Å²) in [5.41, 5.74) is 9.21. The third-order valence-electron chi connectivity index (χ3n) is 5.73. The van der Waals surface area contributed by atoms with Crippen molar-refractivity contribution in [3.05, 3.63) is 81.4 Å². The smallest absolute Gasteiger partial charge is 0.323 e. The van der Waals surface area contributed by atoms with Crippen molar-refractivity contribution in [1.82, 2.24) is 0 Å². The van der Waals surface area contributed by atoms with Crippen LogP contribution in [0.15, 0.2) is 81.4 Å². The summed E-state index contributed by atoms with van der Waals surface area (Å²) in [6.45, 7) is 2.28. The Morgan fingerprint density at radius 1 is 1.26 bits per heavy atom. The molecule has 138 valence electrons. The number of hydrogen-bond donors (Lipinski definition) is 0. The highest BCUT2D eigenvalue weighted by molar-refractivity contribution is 8.01. The van der Waals surface area contributed by atoms with Gasteiger partial charge in [-0.2, -0.15) is 0 Å². The molecule has 0 spiro atoms. The molecule has 1 saturated carbocycles. The number of ether oxygens (including phenoxy) is 2. The summed E-state index contributed by atoms with van der Waals surface area (Å²) in [6, 6.07) is 0. The van der Waals surface area contributed by atoms with E-state index in [1.165, 1.54) is 39.9 Å². The number of fused-ring (bicyclic) bond motifs is 5. The summed E-state index contributed by atoms with van der Waals surface area (Å²) in [5, 5.41) is -0.224. The topological polar surface area (TPSA) is 35.5 Å². The van der Waals surface area contributed by atoms with Gasteiger partial charge in [-0.3, -0.25) is 4.79 Å². The molecule has 4 heteroatoms. The monoisotopic (exact) mass is 378 g/mol. The van der Waals surface area contributed by atoms with Crippen LogP contribution >= 0.6 is 11.8 Å². The second kappa shape index (κ2) is 6.75. The maximum atomic E-state index is 12.3. The number of allylic oxidation sites excluding steroid dienone is 9. The van der Waals surface area contributed by atoms with Crippen molar-refractivity contribution in [2.75, 3.05) is 12.4 Å². The van der Waals surface area contributed by atoms with Crippen LogP contribution < -0.4 is 0 Å². The number of carbonyl (C=O) groups is 1. The molecule has 5 rings (SSSR count). The molecule has 1 unspecified atom stereocenters. The van der Waals surface area contributed by atoms with E-state index in [-0.39, 0.29) is 11.2 Å². The minimum absolute atomic E-state index is 0.133. The Hall–Kier alpha value is -2.20. The van der Waals surface area contributed by atoms with E-state index in [0.29, 0.717) is 6.61 Å². The summed E-state index contributed by atoms with van der Waals surface area (Å²) < 4.78 is 11.2. The van der Waals surface area contributed by atoms with E-state index in [1.807, 2.05) is 13.0 Å². The first-order valence-corrected chi connectivity index (χ1v) is 10.7. The average Bonchev–Trinajstić information content (AvgIpc) is 3.13. The van der Waals surface area contributed by atoms with E-state index in [0.717, 1.165) is 36.3 Å². The van der Waals surface area contributed by atoms with E-state index in [9.17, 15) is 4.79 Å². The van der Waals surface area contributed by atoms with Crippen LogP contribution in [-0.4, -0.2) is 23.6 Å². The molecule has 2 heterocycles. The molecule has 0 aromatic rings. The van der Waals surface area contributed by atoms with Crippen LogP contribution in [0, 0.1) is 0 Å². The number of esters is 1. The molecule has 3 aliphatic carbocycles. The number of carbonyl (C=O) groups excluding carboxylic acids is 1. The predicted octanol–water partition coefficient (Wildman–Crippen LogP) is 5.07. The highest BCUT2D eigenvalue weighted by Gasteiger charge is 2.34.